The van der Waals surface area contributed by atoms with Gasteiger partial charge in [-0.05, 0) is 30.2 Å². The number of aromatic amines is 1. The van der Waals surface area contributed by atoms with Gasteiger partial charge in [-0.15, -0.1) is 0 Å². The molecule has 0 radical (unpaired) electrons. The summed E-state index contributed by atoms with van der Waals surface area (Å²) in [7, 11) is 0. The Kier molecular flexibility index (Phi) is 4.39. The number of nitrogens with zero attached hydrogens (tertiary/aromatic N) is 2. The number of carbonyl (C=O) groups is 1. The van der Waals surface area contributed by atoms with Crippen LogP contribution in [0.15, 0.2) is 53.9 Å². The van der Waals surface area contributed by atoms with Gasteiger partial charge in [0.05, 0.1) is 18.7 Å². The molecule has 6 nitrogen and oxygen atoms in total. The Morgan fingerprint density at radius 2 is 2.15 bits per heavy atom. The first-order valence-corrected chi connectivity index (χ1v) is 8.66. The van der Waals surface area contributed by atoms with E-state index in [4.69, 9.17) is 4.84 Å². The standard InChI is InChI=1S/C20H20N4O2/c1-13-4-6-14(7-5-13)18-10-16(26-24-18)12-22-19(25)9-15-11-23-20-17(15)3-2-8-21-20/h2-8,11,16H,9-10,12H2,1H3,(H,21,23)(H,22,25)/t16-/m1/s1. The van der Waals surface area contributed by atoms with Crippen LogP contribution in [-0.4, -0.2) is 34.2 Å². The summed E-state index contributed by atoms with van der Waals surface area (Å²) in [5.74, 6) is -0.0397. The first-order chi connectivity index (χ1) is 12.7. The fourth-order valence-corrected chi connectivity index (χ4v) is 3.08. The van der Waals surface area contributed by atoms with Crippen LogP contribution in [0.4, 0.5) is 0 Å². The van der Waals surface area contributed by atoms with E-state index >= 15 is 0 Å². The van der Waals surface area contributed by atoms with Crippen molar-refractivity contribution in [1.29, 1.82) is 0 Å². The van der Waals surface area contributed by atoms with Gasteiger partial charge in [0, 0.05) is 24.2 Å². The zero-order valence-corrected chi connectivity index (χ0v) is 14.5. The van der Waals surface area contributed by atoms with Crippen molar-refractivity contribution in [3.8, 4) is 0 Å². The molecule has 0 bridgehead atoms. The maximum Gasteiger partial charge on any atom is 0.224 e. The molecule has 0 spiro atoms. The number of benzene rings is 1. The topological polar surface area (TPSA) is 79.4 Å². The number of carbonyl (C=O) groups excluding carboxylic acids is 1. The highest BCUT2D eigenvalue weighted by molar-refractivity contribution is 6.01. The Labute approximate surface area is 151 Å². The fraction of sp³-hybridized carbons (Fsp3) is 0.250. The van der Waals surface area contributed by atoms with E-state index in [1.54, 1.807) is 6.20 Å². The Bertz CT molecular complexity index is 959. The average molecular weight is 348 g/mol. The first-order valence-electron chi connectivity index (χ1n) is 8.66. The summed E-state index contributed by atoms with van der Waals surface area (Å²) in [6.45, 7) is 2.50. The lowest BCUT2D eigenvalue weighted by molar-refractivity contribution is -0.121. The molecule has 26 heavy (non-hydrogen) atoms. The van der Waals surface area contributed by atoms with Gasteiger partial charge in [-0.25, -0.2) is 4.98 Å². The summed E-state index contributed by atoms with van der Waals surface area (Å²) in [6, 6.07) is 12.0. The molecule has 6 heteroatoms. The van der Waals surface area contributed by atoms with Crippen LogP contribution < -0.4 is 5.32 Å². The van der Waals surface area contributed by atoms with Gasteiger partial charge in [-0.2, -0.15) is 0 Å². The zero-order chi connectivity index (χ0) is 17.9. The van der Waals surface area contributed by atoms with Crippen LogP contribution >= 0.6 is 0 Å². The molecular weight excluding hydrogens is 328 g/mol. The molecule has 1 aliphatic heterocycles. The van der Waals surface area contributed by atoms with Gasteiger partial charge in [0.25, 0.3) is 0 Å². The monoisotopic (exact) mass is 348 g/mol. The highest BCUT2D eigenvalue weighted by Crippen LogP contribution is 2.18. The van der Waals surface area contributed by atoms with E-state index in [2.05, 4.69) is 39.5 Å². The number of nitrogens with one attached hydrogen (secondary N) is 2. The van der Waals surface area contributed by atoms with Crippen molar-refractivity contribution in [3.63, 3.8) is 0 Å². The van der Waals surface area contributed by atoms with Crippen molar-refractivity contribution in [3.05, 3.63) is 65.5 Å². The molecule has 0 unspecified atom stereocenters. The number of aromatic nitrogens is 2. The first kappa shape index (κ1) is 16.3. The van der Waals surface area contributed by atoms with Crippen molar-refractivity contribution in [2.45, 2.75) is 25.9 Å². The molecule has 2 N–H and O–H groups in total. The smallest absolute Gasteiger partial charge is 0.224 e. The Morgan fingerprint density at radius 1 is 1.31 bits per heavy atom. The zero-order valence-electron chi connectivity index (χ0n) is 14.5. The Hall–Kier alpha value is -3.15. The Morgan fingerprint density at radius 3 is 3.00 bits per heavy atom. The molecule has 0 saturated heterocycles. The molecule has 1 aromatic carbocycles. The highest BCUT2D eigenvalue weighted by Gasteiger charge is 2.22. The van der Waals surface area contributed by atoms with Gasteiger partial charge in [0.2, 0.25) is 5.91 Å². The molecule has 1 aliphatic rings. The van der Waals surface area contributed by atoms with E-state index in [0.29, 0.717) is 19.4 Å². The minimum Gasteiger partial charge on any atom is -0.390 e. The van der Waals surface area contributed by atoms with E-state index < -0.39 is 0 Å². The summed E-state index contributed by atoms with van der Waals surface area (Å²) in [4.78, 5) is 25.0. The number of rotatable bonds is 5. The minimum atomic E-state index is -0.125. The summed E-state index contributed by atoms with van der Waals surface area (Å²) in [5, 5.41) is 8.08. The SMILES string of the molecule is Cc1ccc(C2=NO[C@@H](CNC(=O)Cc3c[nH]c4ncccc34)C2)cc1. The van der Waals surface area contributed by atoms with Gasteiger partial charge in [0.1, 0.15) is 11.8 Å². The maximum absolute atomic E-state index is 12.3. The number of fused-ring (bicyclic) bond motifs is 1. The molecule has 132 valence electrons. The lowest BCUT2D eigenvalue weighted by Crippen LogP contribution is -2.33. The average Bonchev–Trinajstić information content (AvgIpc) is 3.28. The second kappa shape index (κ2) is 7.00. The Balaban J connectivity index is 1.30. The second-order valence-electron chi connectivity index (χ2n) is 6.53. The molecule has 4 rings (SSSR count). The number of pyridine rings is 1. The molecule has 1 amide bonds. The lowest BCUT2D eigenvalue weighted by Gasteiger charge is -2.09. The predicted molar refractivity (Wildman–Crippen MR) is 100 cm³/mol. The maximum atomic E-state index is 12.3. The summed E-state index contributed by atoms with van der Waals surface area (Å²) < 4.78 is 0. The van der Waals surface area contributed by atoms with E-state index in [9.17, 15) is 4.79 Å². The van der Waals surface area contributed by atoms with Crippen LogP contribution in [0.25, 0.3) is 11.0 Å². The van der Waals surface area contributed by atoms with E-state index in [1.807, 2.05) is 30.5 Å². The van der Waals surface area contributed by atoms with Crippen molar-refractivity contribution in [2.75, 3.05) is 6.54 Å². The van der Waals surface area contributed by atoms with Crippen LogP contribution in [0.1, 0.15) is 23.1 Å². The van der Waals surface area contributed by atoms with Crippen LogP contribution in [0.5, 0.6) is 0 Å². The van der Waals surface area contributed by atoms with Crippen LogP contribution in [0, 0.1) is 6.92 Å². The fourth-order valence-electron chi connectivity index (χ4n) is 3.08. The molecule has 0 aliphatic carbocycles. The normalized spacial score (nSPS) is 16.3. The third-order valence-electron chi connectivity index (χ3n) is 4.53. The van der Waals surface area contributed by atoms with Crippen molar-refractivity contribution in [2.24, 2.45) is 5.16 Å². The summed E-state index contributed by atoms with van der Waals surface area (Å²) in [6.07, 6.45) is 4.44. The van der Waals surface area contributed by atoms with Gasteiger partial charge < -0.3 is 15.1 Å². The van der Waals surface area contributed by atoms with Crippen LogP contribution in [0.2, 0.25) is 0 Å². The molecule has 0 fully saturated rings. The number of H-pyrrole nitrogens is 1. The molecule has 0 saturated carbocycles. The van der Waals surface area contributed by atoms with Gasteiger partial charge in [-0.3, -0.25) is 4.79 Å². The number of hydrogen-bond donors (Lipinski definition) is 2. The molecule has 2 aromatic heterocycles. The minimum absolute atomic E-state index is 0.0397. The third-order valence-corrected chi connectivity index (χ3v) is 4.53. The molecule has 3 heterocycles. The van der Waals surface area contributed by atoms with Crippen molar-refractivity contribution in [1.82, 2.24) is 15.3 Å². The molecular formula is C20H20N4O2. The van der Waals surface area contributed by atoms with E-state index in [1.165, 1.54) is 5.56 Å². The number of oxime groups is 1. The summed E-state index contributed by atoms with van der Waals surface area (Å²) in [5.41, 5.74) is 4.94. The van der Waals surface area contributed by atoms with E-state index in [0.717, 1.165) is 27.9 Å². The number of aryl methyl sites for hydroxylation is 1. The lowest BCUT2D eigenvalue weighted by atomic mass is 10.0. The van der Waals surface area contributed by atoms with E-state index in [-0.39, 0.29) is 12.0 Å². The van der Waals surface area contributed by atoms with Crippen molar-refractivity contribution >= 4 is 22.7 Å². The van der Waals surface area contributed by atoms with Gasteiger partial charge in [-0.1, -0.05) is 35.0 Å². The quantitative estimate of drug-likeness (QED) is 0.744. The second-order valence-corrected chi connectivity index (χ2v) is 6.53. The van der Waals surface area contributed by atoms with Crippen LogP contribution in [0.3, 0.4) is 0 Å². The predicted octanol–water partition coefficient (Wildman–Crippen LogP) is 2.72. The molecule has 3 aromatic rings. The number of hydrogen-bond acceptors (Lipinski definition) is 4. The number of amides is 1. The third kappa shape index (κ3) is 3.44. The largest absolute Gasteiger partial charge is 0.390 e. The van der Waals surface area contributed by atoms with Gasteiger partial charge >= 0.3 is 0 Å². The van der Waals surface area contributed by atoms with Crippen molar-refractivity contribution < 1.29 is 9.63 Å². The van der Waals surface area contributed by atoms with Crippen LogP contribution in [-0.2, 0) is 16.1 Å². The molecule has 1 atom stereocenters. The highest BCUT2D eigenvalue weighted by atomic mass is 16.6. The van der Waals surface area contributed by atoms with Gasteiger partial charge in [0.15, 0.2) is 0 Å². The summed E-state index contributed by atoms with van der Waals surface area (Å²) >= 11 is 0.